The van der Waals surface area contributed by atoms with Crippen LogP contribution in [0.15, 0.2) is 59.4 Å². The highest BCUT2D eigenvalue weighted by Crippen LogP contribution is 2.19. The highest BCUT2D eigenvalue weighted by Gasteiger charge is 2.17. The van der Waals surface area contributed by atoms with Crippen LogP contribution < -0.4 is 16.6 Å². The average Bonchev–Trinajstić information content (AvgIpc) is 2.69. The molecule has 0 saturated heterocycles. The number of nitrogens with zero attached hydrogens (tertiary/aromatic N) is 2. The smallest absolute Gasteiger partial charge is 0.261 e. The summed E-state index contributed by atoms with van der Waals surface area (Å²) in [6, 6.07) is 16.1. The summed E-state index contributed by atoms with van der Waals surface area (Å²) in [5, 5.41) is 2.88. The van der Waals surface area contributed by atoms with Crippen molar-refractivity contribution in [3.8, 4) is 0 Å². The van der Waals surface area contributed by atoms with E-state index in [1.54, 1.807) is 31.2 Å². The fourth-order valence-corrected chi connectivity index (χ4v) is 3.51. The number of amides is 2. The Morgan fingerprint density at radius 1 is 1.14 bits per heavy atom. The number of nitrogens with two attached hydrogens (primary N) is 1. The summed E-state index contributed by atoms with van der Waals surface area (Å²) in [6.07, 6.45) is 0. The van der Waals surface area contributed by atoms with Gasteiger partial charge >= 0.3 is 0 Å². The van der Waals surface area contributed by atoms with Crippen LogP contribution in [-0.4, -0.2) is 26.6 Å². The van der Waals surface area contributed by atoms with Crippen molar-refractivity contribution >= 4 is 40.2 Å². The standard InChI is InChI=1S/C20H20N4O3S/c1-13(19(26)22-14-7-3-2-4-8-14)28-12-18-23-16-10-6-5-9-15(16)20(27)24(18)11-17(21)25/h2-10,13H,11-12H2,1H3,(H2,21,25)(H,22,26). The highest BCUT2D eigenvalue weighted by molar-refractivity contribution is 7.99. The highest BCUT2D eigenvalue weighted by atomic mass is 32.2. The number of hydrogen-bond acceptors (Lipinski definition) is 5. The van der Waals surface area contributed by atoms with Crippen LogP contribution in [-0.2, 0) is 21.9 Å². The largest absolute Gasteiger partial charge is 0.368 e. The molecule has 0 radical (unpaired) electrons. The van der Waals surface area contributed by atoms with Gasteiger partial charge in [-0.2, -0.15) is 0 Å². The molecule has 3 N–H and O–H groups in total. The molecule has 0 fully saturated rings. The molecular formula is C20H20N4O3S. The van der Waals surface area contributed by atoms with Gasteiger partial charge < -0.3 is 11.1 Å². The second kappa shape index (κ2) is 8.71. The molecular weight excluding hydrogens is 376 g/mol. The van der Waals surface area contributed by atoms with Crippen molar-refractivity contribution in [2.75, 3.05) is 5.32 Å². The molecule has 3 rings (SSSR count). The normalized spacial score (nSPS) is 11.9. The SMILES string of the molecule is CC(SCc1nc2ccccc2c(=O)n1CC(N)=O)C(=O)Nc1ccccc1. The maximum Gasteiger partial charge on any atom is 0.261 e. The van der Waals surface area contributed by atoms with Crippen LogP contribution in [0.3, 0.4) is 0 Å². The van der Waals surface area contributed by atoms with E-state index in [0.29, 0.717) is 16.7 Å². The lowest BCUT2D eigenvalue weighted by atomic mass is 10.2. The molecule has 28 heavy (non-hydrogen) atoms. The topological polar surface area (TPSA) is 107 Å². The summed E-state index contributed by atoms with van der Waals surface area (Å²) in [5.74, 6) is -0.0792. The summed E-state index contributed by atoms with van der Waals surface area (Å²) >= 11 is 1.33. The number of carbonyl (C=O) groups excluding carboxylic acids is 2. The van der Waals surface area contributed by atoms with E-state index in [1.165, 1.54) is 16.3 Å². The van der Waals surface area contributed by atoms with Crippen LogP contribution in [0, 0.1) is 0 Å². The lowest BCUT2D eigenvalue weighted by molar-refractivity contribution is -0.118. The number of anilines is 1. The molecule has 1 unspecified atom stereocenters. The number of rotatable bonds is 7. The summed E-state index contributed by atoms with van der Waals surface area (Å²) < 4.78 is 1.28. The number of hydrogen-bond donors (Lipinski definition) is 2. The van der Waals surface area contributed by atoms with Crippen molar-refractivity contribution in [1.29, 1.82) is 0 Å². The van der Waals surface area contributed by atoms with Crippen molar-refractivity contribution in [1.82, 2.24) is 9.55 Å². The average molecular weight is 396 g/mol. The zero-order chi connectivity index (χ0) is 20.1. The van der Waals surface area contributed by atoms with Crippen molar-refractivity contribution in [2.45, 2.75) is 24.5 Å². The number of nitrogens with one attached hydrogen (secondary N) is 1. The van der Waals surface area contributed by atoms with E-state index >= 15 is 0 Å². The number of thioether (sulfide) groups is 1. The Hall–Kier alpha value is -3.13. The van der Waals surface area contributed by atoms with Gasteiger partial charge in [-0.1, -0.05) is 30.3 Å². The molecule has 2 aromatic carbocycles. The number of benzene rings is 2. The summed E-state index contributed by atoms with van der Waals surface area (Å²) in [5.41, 5.74) is 6.24. The third-order valence-corrected chi connectivity index (χ3v) is 5.27. The van der Waals surface area contributed by atoms with Gasteiger partial charge in [0.25, 0.3) is 5.56 Å². The molecule has 1 heterocycles. The minimum atomic E-state index is -0.625. The Morgan fingerprint density at radius 3 is 2.54 bits per heavy atom. The molecule has 2 amide bonds. The van der Waals surface area contributed by atoms with Crippen LogP contribution in [0.4, 0.5) is 5.69 Å². The summed E-state index contributed by atoms with van der Waals surface area (Å²) in [6.45, 7) is 1.53. The van der Waals surface area contributed by atoms with Crippen LogP contribution in [0.2, 0.25) is 0 Å². The van der Waals surface area contributed by atoms with Gasteiger partial charge in [-0.15, -0.1) is 11.8 Å². The fraction of sp³-hybridized carbons (Fsp3) is 0.200. The molecule has 0 aliphatic carbocycles. The Morgan fingerprint density at radius 2 is 1.82 bits per heavy atom. The zero-order valence-electron chi connectivity index (χ0n) is 15.3. The molecule has 3 aromatic rings. The van der Waals surface area contributed by atoms with Gasteiger partial charge in [-0.25, -0.2) is 4.98 Å². The van der Waals surface area contributed by atoms with Gasteiger partial charge in [0.2, 0.25) is 11.8 Å². The van der Waals surface area contributed by atoms with Crippen molar-refractivity contribution in [3.05, 3.63) is 70.8 Å². The van der Waals surface area contributed by atoms with Gasteiger partial charge in [0.1, 0.15) is 12.4 Å². The number of fused-ring (bicyclic) bond motifs is 1. The summed E-state index contributed by atoms with van der Waals surface area (Å²) in [7, 11) is 0. The van der Waals surface area contributed by atoms with Gasteiger partial charge in [0.15, 0.2) is 0 Å². The number of aromatic nitrogens is 2. The molecule has 8 heteroatoms. The Kier molecular flexibility index (Phi) is 6.10. The Balaban J connectivity index is 1.80. The maximum absolute atomic E-state index is 12.7. The van der Waals surface area contributed by atoms with Crippen LogP contribution >= 0.6 is 11.8 Å². The van der Waals surface area contributed by atoms with E-state index in [1.807, 2.05) is 30.3 Å². The molecule has 0 aliphatic heterocycles. The van der Waals surface area contributed by atoms with E-state index in [4.69, 9.17) is 5.73 Å². The van der Waals surface area contributed by atoms with E-state index < -0.39 is 5.91 Å². The van der Waals surface area contributed by atoms with Crippen LogP contribution in [0.5, 0.6) is 0 Å². The molecule has 0 aliphatic rings. The fourth-order valence-electron chi connectivity index (χ4n) is 2.68. The van der Waals surface area contributed by atoms with E-state index in [9.17, 15) is 14.4 Å². The third-order valence-electron chi connectivity index (χ3n) is 4.13. The van der Waals surface area contributed by atoms with Crippen molar-refractivity contribution in [3.63, 3.8) is 0 Å². The molecule has 1 aromatic heterocycles. The molecule has 1 atom stereocenters. The Labute approximate surface area is 166 Å². The number of para-hydroxylation sites is 2. The molecule has 0 bridgehead atoms. The minimum absolute atomic E-state index is 0.152. The molecule has 144 valence electrons. The van der Waals surface area contributed by atoms with E-state index in [0.717, 1.165) is 5.69 Å². The second-order valence-electron chi connectivity index (χ2n) is 6.21. The van der Waals surface area contributed by atoms with Gasteiger partial charge in [-0.05, 0) is 31.2 Å². The molecule has 7 nitrogen and oxygen atoms in total. The van der Waals surface area contributed by atoms with Gasteiger partial charge in [-0.3, -0.25) is 19.0 Å². The first-order valence-corrected chi connectivity index (χ1v) is 9.75. The van der Waals surface area contributed by atoms with Crippen LogP contribution in [0.25, 0.3) is 10.9 Å². The quantitative estimate of drug-likeness (QED) is 0.636. The third kappa shape index (κ3) is 4.58. The predicted octanol–water partition coefficient (Wildman–Crippen LogP) is 2.14. The number of primary amides is 1. The van der Waals surface area contributed by atoms with Crippen molar-refractivity contribution < 1.29 is 9.59 Å². The predicted molar refractivity (Wildman–Crippen MR) is 111 cm³/mol. The molecule has 0 spiro atoms. The first-order chi connectivity index (χ1) is 13.5. The second-order valence-corrected chi connectivity index (χ2v) is 7.54. The first-order valence-electron chi connectivity index (χ1n) is 8.70. The lowest BCUT2D eigenvalue weighted by Gasteiger charge is -2.15. The molecule has 0 saturated carbocycles. The van der Waals surface area contributed by atoms with Crippen molar-refractivity contribution in [2.24, 2.45) is 5.73 Å². The maximum atomic E-state index is 12.7. The Bertz CT molecular complexity index is 1070. The lowest BCUT2D eigenvalue weighted by Crippen LogP contribution is -2.31. The summed E-state index contributed by atoms with van der Waals surface area (Å²) in [4.78, 5) is 41.0. The zero-order valence-corrected chi connectivity index (χ0v) is 16.1. The monoisotopic (exact) mass is 396 g/mol. The van der Waals surface area contributed by atoms with Gasteiger partial charge in [0, 0.05) is 5.69 Å². The van der Waals surface area contributed by atoms with Gasteiger partial charge in [0.05, 0.1) is 21.9 Å². The van der Waals surface area contributed by atoms with Crippen LogP contribution in [0.1, 0.15) is 12.7 Å². The van der Waals surface area contributed by atoms with E-state index in [2.05, 4.69) is 10.3 Å². The first kappa shape index (κ1) is 19.6. The number of carbonyl (C=O) groups is 2. The van der Waals surface area contributed by atoms with E-state index in [-0.39, 0.29) is 29.0 Å². The minimum Gasteiger partial charge on any atom is -0.368 e.